The molecule has 0 amide bonds. The van der Waals surface area contributed by atoms with Gasteiger partial charge in [-0.15, -0.1) is 0 Å². The SMILES string of the molecule is c1ccc(-c2ccc3cc(-c4ccc5cc(N(c6ccc7c8ccccc8n(-c8ccccc8)c7c6)c6ccccc6-c6ccccc6)ccc5c4)ccc3c2)cc1. The summed E-state index contributed by atoms with van der Waals surface area (Å²) in [4.78, 5) is 2.43. The minimum atomic E-state index is 1.10. The van der Waals surface area contributed by atoms with Gasteiger partial charge in [0.1, 0.15) is 0 Å². The Kier molecular flexibility index (Phi) is 8.19. The molecule has 272 valence electrons. The highest BCUT2D eigenvalue weighted by Gasteiger charge is 2.20. The van der Waals surface area contributed by atoms with Crippen molar-refractivity contribution in [1.82, 2.24) is 4.57 Å². The molecule has 10 aromatic carbocycles. The molecule has 11 rings (SSSR count). The van der Waals surface area contributed by atoms with E-state index in [1.165, 1.54) is 76.7 Å². The maximum absolute atomic E-state index is 2.43. The first-order valence-electron chi connectivity index (χ1n) is 19.9. The van der Waals surface area contributed by atoms with Crippen molar-refractivity contribution in [2.24, 2.45) is 0 Å². The third-order valence-electron chi connectivity index (χ3n) is 11.5. The molecule has 0 aliphatic rings. The van der Waals surface area contributed by atoms with Gasteiger partial charge in [-0.05, 0) is 116 Å². The zero-order valence-corrected chi connectivity index (χ0v) is 31.8. The van der Waals surface area contributed by atoms with E-state index in [2.05, 4.69) is 240 Å². The van der Waals surface area contributed by atoms with Crippen LogP contribution in [0.1, 0.15) is 0 Å². The summed E-state index contributed by atoms with van der Waals surface area (Å²) in [5, 5.41) is 7.36. The van der Waals surface area contributed by atoms with E-state index in [9.17, 15) is 0 Å². The number of para-hydroxylation sites is 3. The number of rotatable bonds is 7. The van der Waals surface area contributed by atoms with Crippen molar-refractivity contribution in [3.63, 3.8) is 0 Å². The van der Waals surface area contributed by atoms with E-state index in [-0.39, 0.29) is 0 Å². The van der Waals surface area contributed by atoms with E-state index in [0.717, 1.165) is 22.7 Å². The molecule has 0 unspecified atom stereocenters. The lowest BCUT2D eigenvalue weighted by Gasteiger charge is -2.28. The second-order valence-corrected chi connectivity index (χ2v) is 15.0. The van der Waals surface area contributed by atoms with Crippen LogP contribution in [-0.4, -0.2) is 4.57 Å². The van der Waals surface area contributed by atoms with Gasteiger partial charge in [-0.3, -0.25) is 0 Å². The minimum Gasteiger partial charge on any atom is -0.310 e. The average molecular weight is 739 g/mol. The third-order valence-corrected chi connectivity index (χ3v) is 11.5. The van der Waals surface area contributed by atoms with E-state index in [1.54, 1.807) is 0 Å². The fraction of sp³-hybridized carbons (Fsp3) is 0. The van der Waals surface area contributed by atoms with Gasteiger partial charge in [0.15, 0.2) is 0 Å². The molecule has 0 radical (unpaired) electrons. The number of anilines is 3. The Morgan fingerprint density at radius 1 is 0.293 bits per heavy atom. The third kappa shape index (κ3) is 5.91. The second-order valence-electron chi connectivity index (χ2n) is 15.0. The Hall–Kier alpha value is -7.68. The van der Waals surface area contributed by atoms with Gasteiger partial charge in [0.05, 0.1) is 16.7 Å². The Balaban J connectivity index is 1.04. The van der Waals surface area contributed by atoms with Crippen LogP contribution in [0.5, 0.6) is 0 Å². The number of nitrogens with zero attached hydrogens (tertiary/aromatic N) is 2. The van der Waals surface area contributed by atoms with Crippen molar-refractivity contribution >= 4 is 60.4 Å². The first kappa shape index (κ1) is 33.6. The lowest BCUT2D eigenvalue weighted by molar-refractivity contribution is 1.18. The molecule has 0 spiro atoms. The number of hydrogen-bond donors (Lipinski definition) is 0. The van der Waals surface area contributed by atoms with E-state index in [4.69, 9.17) is 0 Å². The molecule has 0 saturated heterocycles. The summed E-state index contributed by atoms with van der Waals surface area (Å²) in [5.41, 5.74) is 14.1. The quantitative estimate of drug-likeness (QED) is 0.158. The van der Waals surface area contributed by atoms with Crippen molar-refractivity contribution in [2.45, 2.75) is 0 Å². The van der Waals surface area contributed by atoms with Crippen molar-refractivity contribution in [3.8, 4) is 39.1 Å². The van der Waals surface area contributed by atoms with Gasteiger partial charge in [-0.1, -0.05) is 164 Å². The van der Waals surface area contributed by atoms with Crippen LogP contribution in [0.2, 0.25) is 0 Å². The normalized spacial score (nSPS) is 11.4. The molecular weight excluding hydrogens is 701 g/mol. The molecule has 0 N–H and O–H groups in total. The molecule has 1 aromatic heterocycles. The van der Waals surface area contributed by atoms with Crippen LogP contribution in [-0.2, 0) is 0 Å². The molecular formula is C56H38N2. The maximum Gasteiger partial charge on any atom is 0.0561 e. The predicted octanol–water partition coefficient (Wildman–Crippen LogP) is 15.6. The molecule has 0 atom stereocenters. The van der Waals surface area contributed by atoms with Gasteiger partial charge in [0, 0.05) is 33.4 Å². The van der Waals surface area contributed by atoms with Crippen molar-refractivity contribution < 1.29 is 0 Å². The van der Waals surface area contributed by atoms with Gasteiger partial charge < -0.3 is 9.47 Å². The van der Waals surface area contributed by atoms with Crippen molar-refractivity contribution in [3.05, 3.63) is 231 Å². The van der Waals surface area contributed by atoms with Crippen LogP contribution in [0, 0.1) is 0 Å². The fourth-order valence-corrected chi connectivity index (χ4v) is 8.70. The number of hydrogen-bond acceptors (Lipinski definition) is 1. The summed E-state index contributed by atoms with van der Waals surface area (Å²) in [7, 11) is 0. The summed E-state index contributed by atoms with van der Waals surface area (Å²) in [6.45, 7) is 0. The summed E-state index contributed by atoms with van der Waals surface area (Å²) < 4.78 is 2.40. The Morgan fingerprint density at radius 2 is 0.776 bits per heavy atom. The van der Waals surface area contributed by atoms with Gasteiger partial charge in [0.25, 0.3) is 0 Å². The summed E-state index contributed by atoms with van der Waals surface area (Å²) in [6.07, 6.45) is 0. The largest absolute Gasteiger partial charge is 0.310 e. The van der Waals surface area contributed by atoms with Crippen LogP contribution in [0.25, 0.3) is 82.4 Å². The molecule has 0 fully saturated rings. The number of aromatic nitrogens is 1. The molecule has 58 heavy (non-hydrogen) atoms. The number of benzene rings is 10. The monoisotopic (exact) mass is 738 g/mol. The van der Waals surface area contributed by atoms with E-state index in [0.29, 0.717) is 0 Å². The van der Waals surface area contributed by atoms with Crippen LogP contribution in [0.3, 0.4) is 0 Å². The summed E-state index contributed by atoms with van der Waals surface area (Å²) in [5.74, 6) is 0. The van der Waals surface area contributed by atoms with Gasteiger partial charge >= 0.3 is 0 Å². The molecule has 0 saturated carbocycles. The van der Waals surface area contributed by atoms with E-state index in [1.807, 2.05) is 0 Å². The molecule has 0 bridgehead atoms. The van der Waals surface area contributed by atoms with Gasteiger partial charge in [-0.2, -0.15) is 0 Å². The van der Waals surface area contributed by atoms with Gasteiger partial charge in [0.2, 0.25) is 0 Å². The summed E-state index contributed by atoms with van der Waals surface area (Å²) >= 11 is 0. The van der Waals surface area contributed by atoms with Crippen LogP contribution in [0.15, 0.2) is 231 Å². The fourth-order valence-electron chi connectivity index (χ4n) is 8.70. The van der Waals surface area contributed by atoms with Crippen LogP contribution >= 0.6 is 0 Å². The Bertz CT molecular complexity index is 3270. The topological polar surface area (TPSA) is 8.17 Å². The second kappa shape index (κ2) is 14.1. The number of fused-ring (bicyclic) bond motifs is 5. The van der Waals surface area contributed by atoms with Crippen LogP contribution in [0.4, 0.5) is 17.1 Å². The highest BCUT2D eigenvalue weighted by molar-refractivity contribution is 6.10. The predicted molar refractivity (Wildman–Crippen MR) is 247 cm³/mol. The van der Waals surface area contributed by atoms with E-state index < -0.39 is 0 Å². The molecule has 2 heteroatoms. The highest BCUT2D eigenvalue weighted by Crippen LogP contribution is 2.44. The zero-order valence-electron chi connectivity index (χ0n) is 31.8. The molecule has 0 aliphatic heterocycles. The zero-order chi connectivity index (χ0) is 38.4. The average Bonchev–Trinajstić information content (AvgIpc) is 3.63. The van der Waals surface area contributed by atoms with Crippen molar-refractivity contribution in [1.29, 1.82) is 0 Å². The summed E-state index contributed by atoms with van der Waals surface area (Å²) in [6, 6.07) is 83.7. The highest BCUT2D eigenvalue weighted by atomic mass is 15.1. The Labute approximate surface area is 338 Å². The first-order valence-corrected chi connectivity index (χ1v) is 19.9. The van der Waals surface area contributed by atoms with Crippen LogP contribution < -0.4 is 4.90 Å². The smallest absolute Gasteiger partial charge is 0.0561 e. The van der Waals surface area contributed by atoms with Gasteiger partial charge in [-0.25, -0.2) is 0 Å². The standard InChI is InChI=1S/C56H38N2/c1-4-14-39(15-5-1)41-24-25-43-35-44(27-26-42(43)34-41)45-28-29-47-37-49(31-30-46(47)36-45)57(54-22-12-10-20-51(54)40-16-6-2-7-17-40)50-32-33-53-52-21-11-13-23-55(52)58(56(53)38-50)48-18-8-3-9-19-48/h1-38H. The molecule has 1 heterocycles. The first-order chi connectivity index (χ1) is 28.7. The molecule has 11 aromatic rings. The lowest BCUT2D eigenvalue weighted by atomic mass is 9.96. The lowest BCUT2D eigenvalue weighted by Crippen LogP contribution is -2.11. The Morgan fingerprint density at radius 3 is 1.47 bits per heavy atom. The molecule has 0 aliphatic carbocycles. The minimum absolute atomic E-state index is 1.10. The van der Waals surface area contributed by atoms with Crippen molar-refractivity contribution in [2.75, 3.05) is 4.90 Å². The maximum atomic E-state index is 2.43. The van der Waals surface area contributed by atoms with E-state index >= 15 is 0 Å². The molecule has 2 nitrogen and oxygen atoms in total.